The summed E-state index contributed by atoms with van der Waals surface area (Å²) in [4.78, 5) is 0. The van der Waals surface area contributed by atoms with Gasteiger partial charge in [0.05, 0.1) is 0 Å². The third kappa shape index (κ3) is 2.98. The van der Waals surface area contributed by atoms with Gasteiger partial charge in [-0.2, -0.15) is 0 Å². The lowest BCUT2D eigenvalue weighted by Gasteiger charge is -2.21. The molecule has 2 heterocycles. The highest BCUT2D eigenvalue weighted by molar-refractivity contribution is 7.85. The van der Waals surface area contributed by atoms with Crippen LogP contribution in [0.5, 0.6) is 0 Å². The van der Waals surface area contributed by atoms with E-state index in [-0.39, 0.29) is 5.92 Å². The molecule has 1 aliphatic rings. The van der Waals surface area contributed by atoms with Gasteiger partial charge in [-0.3, -0.25) is 0 Å². The number of hydrogen-bond donors (Lipinski definition) is 0. The SMILES string of the molecule is CC1c2ccccc2-n2cc(P(=O)(c3ccccc3)c3ccccc3)c(-c3ccccc3)c21. The van der Waals surface area contributed by atoms with Crippen LogP contribution in [-0.2, 0) is 4.57 Å². The maximum atomic E-state index is 15.3. The maximum Gasteiger partial charge on any atom is 0.173 e. The summed E-state index contributed by atoms with van der Waals surface area (Å²) in [6, 6.07) is 38.9. The van der Waals surface area contributed by atoms with Crippen molar-refractivity contribution in [2.75, 3.05) is 0 Å². The van der Waals surface area contributed by atoms with Crippen molar-refractivity contribution in [2.45, 2.75) is 12.8 Å². The van der Waals surface area contributed by atoms with Crippen molar-refractivity contribution in [3.63, 3.8) is 0 Å². The van der Waals surface area contributed by atoms with Crippen molar-refractivity contribution < 1.29 is 4.57 Å². The minimum atomic E-state index is -3.12. The van der Waals surface area contributed by atoms with Gasteiger partial charge in [-0.25, -0.2) is 0 Å². The summed E-state index contributed by atoms with van der Waals surface area (Å²) < 4.78 is 17.6. The molecule has 1 atom stereocenters. The van der Waals surface area contributed by atoms with Crippen LogP contribution in [0.4, 0.5) is 0 Å². The van der Waals surface area contributed by atoms with Crippen molar-refractivity contribution in [1.29, 1.82) is 0 Å². The smallest absolute Gasteiger partial charge is 0.173 e. The van der Waals surface area contributed by atoms with Crippen molar-refractivity contribution in [3.8, 4) is 16.8 Å². The molecule has 4 aromatic carbocycles. The van der Waals surface area contributed by atoms with Crippen LogP contribution in [0.25, 0.3) is 16.8 Å². The molecule has 5 aromatic rings. The van der Waals surface area contributed by atoms with Gasteiger partial charge in [0.2, 0.25) is 0 Å². The summed E-state index contributed by atoms with van der Waals surface area (Å²) in [5.41, 5.74) is 5.90. The van der Waals surface area contributed by atoms with Gasteiger partial charge in [-0.1, -0.05) is 116 Å². The molecule has 0 saturated heterocycles. The van der Waals surface area contributed by atoms with E-state index in [2.05, 4.69) is 66.2 Å². The van der Waals surface area contributed by atoms with E-state index in [1.165, 1.54) is 16.9 Å². The Hall–Kier alpha value is -3.61. The highest BCUT2D eigenvalue weighted by atomic mass is 31.2. The summed E-state index contributed by atoms with van der Waals surface area (Å²) in [5, 5.41) is 2.62. The number of benzene rings is 4. The zero-order valence-electron chi connectivity index (χ0n) is 18.4. The molecule has 0 bridgehead atoms. The predicted molar refractivity (Wildman–Crippen MR) is 138 cm³/mol. The standard InChI is InChI=1S/C30H24NOP/c1-22-26-19-11-12-20-27(26)31-21-28(29(30(22)31)23-13-5-2-6-14-23)33(32,24-15-7-3-8-16-24)25-17-9-4-10-18-25/h2-22H,1H3. The molecule has 1 unspecified atom stereocenters. The topological polar surface area (TPSA) is 22.0 Å². The molecular weight excluding hydrogens is 421 g/mol. The Balaban J connectivity index is 1.73. The number of para-hydroxylation sites is 1. The normalized spacial score (nSPS) is 14.6. The molecular formula is C30H24NOP. The molecule has 0 spiro atoms. The first-order valence-electron chi connectivity index (χ1n) is 11.3. The first-order chi connectivity index (χ1) is 16.2. The van der Waals surface area contributed by atoms with Crippen LogP contribution >= 0.6 is 7.14 Å². The van der Waals surface area contributed by atoms with Crippen LogP contribution < -0.4 is 15.9 Å². The van der Waals surface area contributed by atoms with Crippen LogP contribution in [0.15, 0.2) is 121 Å². The minimum Gasteiger partial charge on any atom is -0.319 e. The first kappa shape index (κ1) is 20.0. The van der Waals surface area contributed by atoms with E-state index in [0.29, 0.717) is 0 Å². The fourth-order valence-corrected chi connectivity index (χ4v) is 8.07. The monoisotopic (exact) mass is 445 g/mol. The number of hydrogen-bond acceptors (Lipinski definition) is 1. The minimum absolute atomic E-state index is 0.213. The second kappa shape index (κ2) is 7.76. The van der Waals surface area contributed by atoms with E-state index < -0.39 is 7.14 Å². The Morgan fingerprint density at radius 3 is 1.79 bits per heavy atom. The maximum absolute atomic E-state index is 15.3. The van der Waals surface area contributed by atoms with Gasteiger partial charge in [-0.15, -0.1) is 0 Å². The number of aromatic nitrogens is 1. The van der Waals surface area contributed by atoms with Gasteiger partial charge >= 0.3 is 0 Å². The Morgan fingerprint density at radius 1 is 0.667 bits per heavy atom. The zero-order valence-corrected chi connectivity index (χ0v) is 19.3. The lowest BCUT2D eigenvalue weighted by molar-refractivity contribution is 0.592. The van der Waals surface area contributed by atoms with E-state index in [1.54, 1.807) is 0 Å². The van der Waals surface area contributed by atoms with E-state index in [0.717, 1.165) is 27.0 Å². The Morgan fingerprint density at radius 2 is 1.18 bits per heavy atom. The molecule has 1 aromatic heterocycles. The summed E-state index contributed by atoms with van der Waals surface area (Å²) in [5.74, 6) is 0.213. The zero-order chi connectivity index (χ0) is 22.4. The van der Waals surface area contributed by atoms with Crippen LogP contribution in [0.3, 0.4) is 0 Å². The third-order valence-corrected chi connectivity index (χ3v) is 9.81. The second-order valence-corrected chi connectivity index (χ2v) is 11.3. The lowest BCUT2D eigenvalue weighted by atomic mass is 9.94. The number of nitrogens with zero attached hydrogens (tertiary/aromatic N) is 1. The molecule has 2 nitrogen and oxygen atoms in total. The Kier molecular flexibility index (Phi) is 4.71. The third-order valence-electron chi connectivity index (χ3n) is 6.74. The van der Waals surface area contributed by atoms with Gasteiger partial charge in [0, 0.05) is 45.0 Å². The molecule has 0 amide bonds. The number of rotatable bonds is 4. The number of fused-ring (bicyclic) bond motifs is 3. The van der Waals surface area contributed by atoms with E-state index >= 15 is 4.57 Å². The van der Waals surface area contributed by atoms with E-state index in [4.69, 9.17) is 0 Å². The highest BCUT2D eigenvalue weighted by Gasteiger charge is 2.39. The molecule has 0 radical (unpaired) electrons. The van der Waals surface area contributed by atoms with E-state index in [1.807, 2.05) is 66.7 Å². The van der Waals surface area contributed by atoms with Crippen LogP contribution in [0, 0.1) is 0 Å². The lowest BCUT2D eigenvalue weighted by Crippen LogP contribution is -2.25. The van der Waals surface area contributed by atoms with Gasteiger partial charge in [-0.05, 0) is 17.2 Å². The van der Waals surface area contributed by atoms with Crippen molar-refractivity contribution in [3.05, 3.63) is 133 Å². The molecule has 3 heteroatoms. The van der Waals surface area contributed by atoms with Crippen molar-refractivity contribution in [2.24, 2.45) is 0 Å². The first-order valence-corrected chi connectivity index (χ1v) is 13.0. The van der Waals surface area contributed by atoms with Gasteiger partial charge in [0.1, 0.15) is 0 Å². The fraction of sp³-hybridized carbons (Fsp3) is 0.0667. The van der Waals surface area contributed by atoms with Crippen LogP contribution in [0.1, 0.15) is 24.1 Å². The largest absolute Gasteiger partial charge is 0.319 e. The van der Waals surface area contributed by atoms with Crippen LogP contribution in [-0.4, -0.2) is 4.57 Å². The van der Waals surface area contributed by atoms with Gasteiger partial charge in [0.15, 0.2) is 7.14 Å². The van der Waals surface area contributed by atoms with Gasteiger partial charge in [0.25, 0.3) is 0 Å². The van der Waals surface area contributed by atoms with Crippen LogP contribution in [0.2, 0.25) is 0 Å². The van der Waals surface area contributed by atoms with Gasteiger partial charge < -0.3 is 9.13 Å². The Bertz CT molecular complexity index is 1440. The molecule has 6 rings (SSSR count). The van der Waals surface area contributed by atoms with Crippen molar-refractivity contribution in [1.82, 2.24) is 4.57 Å². The second-order valence-electron chi connectivity index (χ2n) is 8.57. The molecule has 33 heavy (non-hydrogen) atoms. The average Bonchev–Trinajstić information content (AvgIpc) is 3.42. The fourth-order valence-electron chi connectivity index (χ4n) is 5.20. The molecule has 1 aliphatic heterocycles. The summed E-state index contributed by atoms with van der Waals surface area (Å²) in [7, 11) is -3.12. The summed E-state index contributed by atoms with van der Waals surface area (Å²) >= 11 is 0. The quantitative estimate of drug-likeness (QED) is 0.300. The molecule has 160 valence electrons. The summed E-state index contributed by atoms with van der Waals surface area (Å²) in [6.45, 7) is 2.25. The molecule has 0 N–H and O–H groups in total. The average molecular weight is 446 g/mol. The molecule has 0 aliphatic carbocycles. The van der Waals surface area contributed by atoms with E-state index in [9.17, 15) is 0 Å². The predicted octanol–water partition coefficient (Wildman–Crippen LogP) is 6.25. The Labute approximate surface area is 194 Å². The summed E-state index contributed by atoms with van der Waals surface area (Å²) in [6.07, 6.45) is 2.14. The van der Waals surface area contributed by atoms with Crippen molar-refractivity contribution >= 4 is 23.1 Å². The highest BCUT2D eigenvalue weighted by Crippen LogP contribution is 2.51. The molecule has 0 saturated carbocycles. The molecule has 0 fully saturated rings.